The summed E-state index contributed by atoms with van der Waals surface area (Å²) in [7, 11) is 0. The van der Waals surface area contributed by atoms with Crippen molar-refractivity contribution in [2.45, 2.75) is 0 Å². The molecular weight excluding hydrogens is 286 g/mol. The van der Waals surface area contributed by atoms with Crippen molar-refractivity contribution in [3.63, 3.8) is 0 Å². The van der Waals surface area contributed by atoms with Gasteiger partial charge in [-0.15, -0.1) is 11.3 Å². The maximum Gasteiger partial charge on any atom is 0.0880 e. The predicted octanol–water partition coefficient (Wildman–Crippen LogP) is 5.77. The molecule has 0 aliphatic heterocycles. The number of rotatable bonds is 1. The van der Waals surface area contributed by atoms with Gasteiger partial charge in [-0.25, -0.2) is 0 Å². The minimum Gasteiger partial charge on any atom is -0.255 e. The van der Waals surface area contributed by atoms with E-state index in [9.17, 15) is 0 Å². The van der Waals surface area contributed by atoms with E-state index in [1.807, 2.05) is 36.5 Å². The highest BCUT2D eigenvalue weighted by Crippen LogP contribution is 2.41. The van der Waals surface area contributed by atoms with Crippen LogP contribution in [0.15, 0.2) is 60.8 Å². The normalized spacial score (nSPS) is 11.2. The van der Waals surface area contributed by atoms with E-state index in [1.165, 1.54) is 15.5 Å². The molecule has 0 saturated heterocycles. The Bertz CT molecular complexity index is 912. The maximum atomic E-state index is 6.32. The van der Waals surface area contributed by atoms with Gasteiger partial charge >= 0.3 is 0 Å². The molecule has 0 spiro atoms. The number of nitrogens with zero attached hydrogens (tertiary/aromatic N) is 1. The molecule has 2 aromatic heterocycles. The first kappa shape index (κ1) is 11.9. The number of thiophene rings is 1. The predicted molar refractivity (Wildman–Crippen MR) is 87.6 cm³/mol. The quantitative estimate of drug-likeness (QED) is 0.434. The Balaban J connectivity index is 2.14. The first-order chi connectivity index (χ1) is 9.84. The van der Waals surface area contributed by atoms with E-state index in [1.54, 1.807) is 11.3 Å². The van der Waals surface area contributed by atoms with Gasteiger partial charge in [0.2, 0.25) is 0 Å². The van der Waals surface area contributed by atoms with Crippen molar-refractivity contribution in [2.75, 3.05) is 0 Å². The molecule has 2 aromatic carbocycles. The van der Waals surface area contributed by atoms with E-state index in [-0.39, 0.29) is 0 Å². The molecule has 0 fully saturated rings. The summed E-state index contributed by atoms with van der Waals surface area (Å²) in [6.07, 6.45) is 1.87. The summed E-state index contributed by atoms with van der Waals surface area (Å²) in [6, 6.07) is 18.4. The minimum atomic E-state index is 0.808. The minimum absolute atomic E-state index is 0.808. The van der Waals surface area contributed by atoms with Gasteiger partial charge in [-0.05, 0) is 12.1 Å². The highest BCUT2D eigenvalue weighted by Gasteiger charge is 2.12. The van der Waals surface area contributed by atoms with Crippen molar-refractivity contribution in [1.82, 2.24) is 4.98 Å². The molecule has 4 aromatic rings. The molecule has 2 heterocycles. The average molecular weight is 296 g/mol. The van der Waals surface area contributed by atoms with Crippen LogP contribution >= 0.6 is 22.9 Å². The second kappa shape index (κ2) is 4.58. The molecule has 0 radical (unpaired) electrons. The van der Waals surface area contributed by atoms with Crippen molar-refractivity contribution in [3.8, 4) is 11.3 Å². The van der Waals surface area contributed by atoms with Crippen LogP contribution in [0.5, 0.6) is 0 Å². The summed E-state index contributed by atoms with van der Waals surface area (Å²) in [5, 5.41) is 3.24. The molecule has 96 valence electrons. The molecule has 0 amide bonds. The molecule has 0 saturated carbocycles. The lowest BCUT2D eigenvalue weighted by Gasteiger charge is -2.01. The van der Waals surface area contributed by atoms with E-state index in [0.717, 1.165) is 21.0 Å². The van der Waals surface area contributed by atoms with Crippen molar-refractivity contribution in [2.24, 2.45) is 0 Å². The Labute approximate surface area is 125 Å². The molecule has 0 aliphatic rings. The highest BCUT2D eigenvalue weighted by atomic mass is 35.5. The van der Waals surface area contributed by atoms with Gasteiger partial charge in [-0.3, -0.25) is 4.98 Å². The van der Waals surface area contributed by atoms with Gasteiger partial charge in [-0.2, -0.15) is 0 Å². The monoisotopic (exact) mass is 295 g/mol. The van der Waals surface area contributed by atoms with E-state index in [0.29, 0.717) is 0 Å². The second-order valence-corrected chi connectivity index (χ2v) is 6.05. The Hall–Kier alpha value is -1.90. The standard InChI is InChI=1S/C17H10ClNS/c18-14-8-4-7-12-13-9-10-19-15(17(13)20-16(12)14)11-5-2-1-3-6-11/h1-10H. The van der Waals surface area contributed by atoms with E-state index in [4.69, 9.17) is 11.6 Å². The number of halogens is 1. The number of fused-ring (bicyclic) bond motifs is 3. The van der Waals surface area contributed by atoms with Crippen molar-refractivity contribution >= 4 is 43.1 Å². The topological polar surface area (TPSA) is 12.9 Å². The molecular formula is C17H10ClNS. The van der Waals surface area contributed by atoms with Crippen LogP contribution in [0, 0.1) is 0 Å². The molecule has 0 aliphatic carbocycles. The fourth-order valence-electron chi connectivity index (χ4n) is 2.49. The summed E-state index contributed by atoms with van der Waals surface area (Å²) in [5.41, 5.74) is 2.17. The zero-order valence-corrected chi connectivity index (χ0v) is 12.1. The van der Waals surface area contributed by atoms with Gasteiger partial charge in [0, 0.05) is 22.5 Å². The smallest absolute Gasteiger partial charge is 0.0880 e. The maximum absolute atomic E-state index is 6.32. The molecule has 20 heavy (non-hydrogen) atoms. The first-order valence-electron chi connectivity index (χ1n) is 6.36. The zero-order chi connectivity index (χ0) is 13.5. The summed E-state index contributed by atoms with van der Waals surface area (Å²) >= 11 is 8.03. The number of hydrogen-bond donors (Lipinski definition) is 0. The molecule has 0 N–H and O–H groups in total. The summed E-state index contributed by atoms with van der Waals surface area (Å²) in [4.78, 5) is 4.57. The van der Waals surface area contributed by atoms with Crippen LogP contribution in [0.4, 0.5) is 0 Å². The Morgan fingerprint density at radius 1 is 0.800 bits per heavy atom. The molecule has 3 heteroatoms. The van der Waals surface area contributed by atoms with Crippen molar-refractivity contribution in [1.29, 1.82) is 0 Å². The third-order valence-corrected chi connectivity index (χ3v) is 5.10. The van der Waals surface area contributed by atoms with Gasteiger partial charge in [0.1, 0.15) is 0 Å². The number of aromatic nitrogens is 1. The summed E-state index contributed by atoms with van der Waals surface area (Å²) < 4.78 is 2.33. The van der Waals surface area contributed by atoms with Gasteiger partial charge in [0.05, 0.1) is 20.1 Å². The van der Waals surface area contributed by atoms with E-state index >= 15 is 0 Å². The largest absolute Gasteiger partial charge is 0.255 e. The fourth-order valence-corrected chi connectivity index (χ4v) is 4.00. The Morgan fingerprint density at radius 3 is 2.45 bits per heavy atom. The molecule has 4 rings (SSSR count). The lowest BCUT2D eigenvalue weighted by Crippen LogP contribution is -1.82. The van der Waals surface area contributed by atoms with Crippen LogP contribution < -0.4 is 0 Å². The summed E-state index contributed by atoms with van der Waals surface area (Å²) in [6.45, 7) is 0. The van der Waals surface area contributed by atoms with Crippen LogP contribution in [-0.4, -0.2) is 4.98 Å². The van der Waals surface area contributed by atoms with E-state index in [2.05, 4.69) is 29.2 Å². The van der Waals surface area contributed by atoms with Crippen LogP contribution in [0.1, 0.15) is 0 Å². The number of hydrogen-bond acceptors (Lipinski definition) is 2. The summed E-state index contributed by atoms with van der Waals surface area (Å²) in [5.74, 6) is 0. The van der Waals surface area contributed by atoms with Crippen LogP contribution in [0.2, 0.25) is 5.02 Å². The lowest BCUT2D eigenvalue weighted by atomic mass is 10.1. The zero-order valence-electron chi connectivity index (χ0n) is 10.5. The van der Waals surface area contributed by atoms with Crippen LogP contribution in [0.25, 0.3) is 31.4 Å². The number of benzene rings is 2. The Morgan fingerprint density at radius 2 is 1.60 bits per heavy atom. The SMILES string of the molecule is Clc1cccc2c1sc1c(-c3ccccc3)nccc12. The van der Waals surface area contributed by atoms with Gasteiger partial charge in [0.25, 0.3) is 0 Å². The first-order valence-corrected chi connectivity index (χ1v) is 7.55. The van der Waals surface area contributed by atoms with Crippen LogP contribution in [-0.2, 0) is 0 Å². The van der Waals surface area contributed by atoms with Gasteiger partial charge in [-0.1, -0.05) is 54.1 Å². The third kappa shape index (κ3) is 1.73. The van der Waals surface area contributed by atoms with Gasteiger partial charge < -0.3 is 0 Å². The number of pyridine rings is 1. The molecule has 0 bridgehead atoms. The average Bonchev–Trinajstić information content (AvgIpc) is 2.88. The van der Waals surface area contributed by atoms with Crippen molar-refractivity contribution < 1.29 is 0 Å². The van der Waals surface area contributed by atoms with Crippen molar-refractivity contribution in [3.05, 3.63) is 65.8 Å². The van der Waals surface area contributed by atoms with Gasteiger partial charge in [0.15, 0.2) is 0 Å². The fraction of sp³-hybridized carbons (Fsp3) is 0. The molecule has 0 atom stereocenters. The van der Waals surface area contributed by atoms with E-state index < -0.39 is 0 Å². The second-order valence-electron chi connectivity index (χ2n) is 4.62. The highest BCUT2D eigenvalue weighted by molar-refractivity contribution is 7.26. The molecule has 1 nitrogen and oxygen atoms in total. The third-order valence-electron chi connectivity index (χ3n) is 3.41. The lowest BCUT2D eigenvalue weighted by molar-refractivity contribution is 1.37. The Kier molecular flexibility index (Phi) is 2.72. The molecule has 0 unspecified atom stereocenters. The van der Waals surface area contributed by atoms with Crippen LogP contribution in [0.3, 0.4) is 0 Å².